The van der Waals surface area contributed by atoms with Gasteiger partial charge in [-0.1, -0.05) is 6.92 Å². The van der Waals surface area contributed by atoms with Gasteiger partial charge in [0.05, 0.1) is 12.8 Å². The van der Waals surface area contributed by atoms with Crippen molar-refractivity contribution in [2.75, 3.05) is 7.11 Å². The fourth-order valence-electron chi connectivity index (χ4n) is 1.93. The van der Waals surface area contributed by atoms with Crippen LogP contribution >= 0.6 is 0 Å². The van der Waals surface area contributed by atoms with Gasteiger partial charge < -0.3 is 9.84 Å². The van der Waals surface area contributed by atoms with E-state index >= 15 is 0 Å². The topological polar surface area (TPSA) is 70.9 Å². The van der Waals surface area contributed by atoms with Gasteiger partial charge in [-0.2, -0.15) is 5.10 Å². The number of benzene rings is 2. The molecule has 0 heterocycles. The zero-order valence-corrected chi connectivity index (χ0v) is 12.5. The minimum atomic E-state index is -0.320. The lowest BCUT2D eigenvalue weighted by Crippen LogP contribution is -2.19. The molecule has 0 aromatic heterocycles. The summed E-state index contributed by atoms with van der Waals surface area (Å²) < 4.78 is 5.12. The van der Waals surface area contributed by atoms with Crippen LogP contribution in [0, 0.1) is 0 Å². The molecular formula is C17H18N2O3. The van der Waals surface area contributed by atoms with Crippen LogP contribution in [0.4, 0.5) is 0 Å². The van der Waals surface area contributed by atoms with Gasteiger partial charge in [0, 0.05) is 5.56 Å². The molecule has 0 saturated heterocycles. The number of rotatable bonds is 5. The first-order chi connectivity index (χ1) is 10.6. The highest BCUT2D eigenvalue weighted by molar-refractivity contribution is 6.02. The molecule has 22 heavy (non-hydrogen) atoms. The summed E-state index contributed by atoms with van der Waals surface area (Å²) in [5, 5.41) is 13.4. The van der Waals surface area contributed by atoms with Crippen molar-refractivity contribution in [3.8, 4) is 11.5 Å². The monoisotopic (exact) mass is 298 g/mol. The van der Waals surface area contributed by atoms with E-state index in [0.29, 0.717) is 12.0 Å². The van der Waals surface area contributed by atoms with Gasteiger partial charge in [0.15, 0.2) is 0 Å². The minimum absolute atomic E-state index is 0.118. The number of ether oxygens (including phenoxy) is 1. The third-order valence-corrected chi connectivity index (χ3v) is 3.18. The number of phenolic OH excluding ortho intramolecular Hbond substituents is 1. The normalized spacial score (nSPS) is 11.1. The average Bonchev–Trinajstić information content (AvgIpc) is 2.56. The largest absolute Gasteiger partial charge is 0.508 e. The van der Waals surface area contributed by atoms with Gasteiger partial charge in [0.2, 0.25) is 0 Å². The van der Waals surface area contributed by atoms with Crippen LogP contribution in [0.15, 0.2) is 53.6 Å². The van der Waals surface area contributed by atoms with E-state index in [0.717, 1.165) is 17.0 Å². The molecule has 2 rings (SSSR count). The molecule has 0 radical (unpaired) electrons. The van der Waals surface area contributed by atoms with Crippen LogP contribution in [0.2, 0.25) is 0 Å². The van der Waals surface area contributed by atoms with Crippen LogP contribution in [-0.4, -0.2) is 23.8 Å². The Morgan fingerprint density at radius 3 is 2.23 bits per heavy atom. The molecule has 0 aliphatic rings. The lowest BCUT2D eigenvalue weighted by atomic mass is 10.1. The third kappa shape index (κ3) is 3.85. The van der Waals surface area contributed by atoms with E-state index in [4.69, 9.17) is 4.74 Å². The van der Waals surface area contributed by atoms with Crippen molar-refractivity contribution in [1.82, 2.24) is 5.43 Å². The van der Waals surface area contributed by atoms with E-state index in [-0.39, 0.29) is 11.7 Å². The van der Waals surface area contributed by atoms with E-state index in [2.05, 4.69) is 10.5 Å². The summed E-state index contributed by atoms with van der Waals surface area (Å²) in [7, 11) is 1.61. The number of carbonyl (C=O) groups excluding carboxylic acids is 1. The molecule has 2 N–H and O–H groups in total. The predicted molar refractivity (Wildman–Crippen MR) is 85.4 cm³/mol. The van der Waals surface area contributed by atoms with Gasteiger partial charge in [-0.25, -0.2) is 5.43 Å². The van der Waals surface area contributed by atoms with Crippen LogP contribution in [-0.2, 0) is 0 Å². The maximum Gasteiger partial charge on any atom is 0.271 e. The van der Waals surface area contributed by atoms with Crippen LogP contribution in [0.25, 0.3) is 0 Å². The lowest BCUT2D eigenvalue weighted by Gasteiger charge is -2.06. The molecule has 0 atom stereocenters. The molecule has 2 aromatic carbocycles. The summed E-state index contributed by atoms with van der Waals surface area (Å²) in [5.41, 5.74) is 4.67. The number of hydrazone groups is 1. The Morgan fingerprint density at radius 1 is 1.09 bits per heavy atom. The van der Waals surface area contributed by atoms with Crippen molar-refractivity contribution >= 4 is 11.6 Å². The molecule has 0 spiro atoms. The Labute approximate surface area is 129 Å². The van der Waals surface area contributed by atoms with Crippen LogP contribution in [0.1, 0.15) is 29.3 Å². The molecule has 2 aromatic rings. The van der Waals surface area contributed by atoms with Gasteiger partial charge in [-0.15, -0.1) is 0 Å². The summed E-state index contributed by atoms with van der Waals surface area (Å²) >= 11 is 0. The molecule has 0 saturated carbocycles. The van der Waals surface area contributed by atoms with Crippen LogP contribution in [0.3, 0.4) is 0 Å². The van der Waals surface area contributed by atoms with Crippen molar-refractivity contribution in [3.05, 3.63) is 59.7 Å². The molecule has 0 aliphatic heterocycles. The number of hydrogen-bond acceptors (Lipinski definition) is 4. The van der Waals surface area contributed by atoms with E-state index in [1.54, 1.807) is 19.2 Å². The number of phenols is 1. The SMILES string of the molecule is CC/C(=N/NC(=O)c1ccc(O)cc1)c1ccc(OC)cc1. The summed E-state index contributed by atoms with van der Waals surface area (Å²) in [6.45, 7) is 1.97. The smallest absolute Gasteiger partial charge is 0.271 e. The Kier molecular flexibility index (Phi) is 5.14. The van der Waals surface area contributed by atoms with Crippen molar-refractivity contribution in [1.29, 1.82) is 0 Å². The molecular weight excluding hydrogens is 280 g/mol. The Balaban J connectivity index is 2.11. The fourth-order valence-corrected chi connectivity index (χ4v) is 1.93. The van der Waals surface area contributed by atoms with Gasteiger partial charge in [0.25, 0.3) is 5.91 Å². The number of amides is 1. The van der Waals surface area contributed by atoms with Crippen LogP contribution in [0.5, 0.6) is 11.5 Å². The molecule has 0 fully saturated rings. The number of hydrogen-bond donors (Lipinski definition) is 2. The standard InChI is InChI=1S/C17H18N2O3/c1-3-16(12-6-10-15(22-2)11-7-12)18-19-17(21)13-4-8-14(20)9-5-13/h4-11,20H,3H2,1-2H3,(H,19,21)/b18-16-. The van der Waals surface area contributed by atoms with Crippen molar-refractivity contribution in [2.45, 2.75) is 13.3 Å². The Morgan fingerprint density at radius 2 is 1.68 bits per heavy atom. The maximum atomic E-state index is 12.0. The first-order valence-electron chi connectivity index (χ1n) is 6.94. The summed E-state index contributed by atoms with van der Waals surface area (Å²) in [6.07, 6.45) is 0.683. The van der Waals surface area contributed by atoms with Gasteiger partial charge in [-0.05, 0) is 60.5 Å². The van der Waals surface area contributed by atoms with Crippen molar-refractivity contribution in [3.63, 3.8) is 0 Å². The van der Waals surface area contributed by atoms with Crippen LogP contribution < -0.4 is 10.2 Å². The number of carbonyl (C=O) groups is 1. The molecule has 5 nitrogen and oxygen atoms in total. The van der Waals surface area contributed by atoms with Gasteiger partial charge in [-0.3, -0.25) is 4.79 Å². The second-order valence-corrected chi connectivity index (χ2v) is 4.63. The Bertz CT molecular complexity index is 661. The van der Waals surface area contributed by atoms with Gasteiger partial charge >= 0.3 is 0 Å². The quantitative estimate of drug-likeness (QED) is 0.658. The summed E-state index contributed by atoms with van der Waals surface area (Å²) in [6, 6.07) is 13.5. The molecule has 114 valence electrons. The summed E-state index contributed by atoms with van der Waals surface area (Å²) in [4.78, 5) is 12.0. The molecule has 1 amide bonds. The number of methoxy groups -OCH3 is 1. The average molecular weight is 298 g/mol. The molecule has 0 unspecified atom stereocenters. The van der Waals surface area contributed by atoms with E-state index < -0.39 is 0 Å². The van der Waals surface area contributed by atoms with Crippen molar-refractivity contribution in [2.24, 2.45) is 5.10 Å². The Hall–Kier alpha value is -2.82. The fraction of sp³-hybridized carbons (Fsp3) is 0.176. The molecule has 0 aliphatic carbocycles. The zero-order chi connectivity index (χ0) is 15.9. The van der Waals surface area contributed by atoms with E-state index in [9.17, 15) is 9.90 Å². The second kappa shape index (κ2) is 7.26. The van der Waals surface area contributed by atoms with E-state index in [1.165, 1.54) is 12.1 Å². The second-order valence-electron chi connectivity index (χ2n) is 4.63. The summed E-state index contributed by atoms with van der Waals surface area (Å²) in [5.74, 6) is 0.569. The number of aromatic hydroxyl groups is 1. The number of nitrogens with one attached hydrogen (secondary N) is 1. The number of nitrogens with zero attached hydrogens (tertiary/aromatic N) is 1. The highest BCUT2D eigenvalue weighted by Gasteiger charge is 2.06. The van der Waals surface area contributed by atoms with Gasteiger partial charge in [0.1, 0.15) is 11.5 Å². The highest BCUT2D eigenvalue weighted by Crippen LogP contribution is 2.13. The zero-order valence-electron chi connectivity index (χ0n) is 12.5. The maximum absolute atomic E-state index is 12.0. The molecule has 5 heteroatoms. The lowest BCUT2D eigenvalue weighted by molar-refractivity contribution is 0.0955. The first-order valence-corrected chi connectivity index (χ1v) is 6.94. The molecule has 0 bridgehead atoms. The third-order valence-electron chi connectivity index (χ3n) is 3.18. The predicted octanol–water partition coefficient (Wildman–Crippen LogP) is 2.94. The first kappa shape index (κ1) is 15.6. The minimum Gasteiger partial charge on any atom is -0.508 e. The van der Waals surface area contributed by atoms with Crippen molar-refractivity contribution < 1.29 is 14.6 Å². The highest BCUT2D eigenvalue weighted by atomic mass is 16.5. The van der Waals surface area contributed by atoms with E-state index in [1.807, 2.05) is 31.2 Å².